The van der Waals surface area contributed by atoms with Gasteiger partial charge in [-0.25, -0.2) is 9.78 Å². The summed E-state index contributed by atoms with van der Waals surface area (Å²) < 4.78 is 24.7. The number of aromatic nitrogens is 2. The number of methoxy groups -OCH3 is 1. The van der Waals surface area contributed by atoms with Gasteiger partial charge in [-0.1, -0.05) is 18.2 Å². The second kappa shape index (κ2) is 11.6. The Hall–Kier alpha value is -3.96. The van der Waals surface area contributed by atoms with Crippen LogP contribution in [0, 0.1) is 0 Å². The first-order chi connectivity index (χ1) is 19.2. The van der Waals surface area contributed by atoms with Crippen LogP contribution in [0.15, 0.2) is 83.9 Å². The molecule has 0 saturated heterocycles. The third-order valence-electron chi connectivity index (χ3n) is 5.76. The highest BCUT2D eigenvalue weighted by molar-refractivity contribution is 9.11. The van der Waals surface area contributed by atoms with Crippen molar-refractivity contribution in [3.8, 4) is 23.1 Å². The average Bonchev–Trinajstić information content (AvgIpc) is 3.36. The van der Waals surface area contributed by atoms with Crippen LogP contribution in [0.25, 0.3) is 33.5 Å². The van der Waals surface area contributed by atoms with Crippen molar-refractivity contribution in [3.63, 3.8) is 0 Å². The van der Waals surface area contributed by atoms with Crippen LogP contribution in [-0.2, 0) is 9.53 Å². The molecular weight excluding hydrogens is 646 g/mol. The summed E-state index contributed by atoms with van der Waals surface area (Å²) in [5.74, 6) is 1.19. The lowest BCUT2D eigenvalue weighted by Gasteiger charge is -2.12. The van der Waals surface area contributed by atoms with Gasteiger partial charge in [-0.05, 0) is 93.7 Å². The van der Waals surface area contributed by atoms with Gasteiger partial charge in [0.2, 0.25) is 5.82 Å². The van der Waals surface area contributed by atoms with Crippen molar-refractivity contribution in [1.82, 2.24) is 9.66 Å². The van der Waals surface area contributed by atoms with Gasteiger partial charge < -0.3 is 18.6 Å². The number of halogens is 2. The maximum Gasteiger partial charge on any atom is 0.344 e. The first-order valence-corrected chi connectivity index (χ1v) is 13.8. The number of ether oxygens (including phenoxy) is 3. The molecule has 2 aromatic heterocycles. The Kier molecular flexibility index (Phi) is 8.04. The van der Waals surface area contributed by atoms with Crippen LogP contribution in [0.1, 0.15) is 19.4 Å². The van der Waals surface area contributed by atoms with Gasteiger partial charge in [0.1, 0.15) is 17.1 Å². The smallest absolute Gasteiger partial charge is 0.344 e. The molecule has 9 nitrogen and oxygen atoms in total. The van der Waals surface area contributed by atoms with Gasteiger partial charge in [0.15, 0.2) is 12.4 Å². The van der Waals surface area contributed by atoms with E-state index in [0.29, 0.717) is 48.3 Å². The highest BCUT2D eigenvalue weighted by atomic mass is 79.9. The predicted molar refractivity (Wildman–Crippen MR) is 159 cm³/mol. The SMILES string of the molecule is COc1cccc2oc(-c3nc4ccccc4c(=O)n3N=Cc3cc(Br)c(OCC(=O)OC(C)C)c(Br)c3)cc12. The molecule has 5 rings (SSSR count). The van der Waals surface area contributed by atoms with Crippen LogP contribution >= 0.6 is 31.9 Å². The maximum absolute atomic E-state index is 13.6. The van der Waals surface area contributed by atoms with E-state index < -0.39 is 5.97 Å². The molecule has 11 heteroatoms. The highest BCUT2D eigenvalue weighted by Gasteiger charge is 2.18. The zero-order valence-electron chi connectivity index (χ0n) is 21.7. The molecule has 0 aliphatic rings. The molecule has 0 fully saturated rings. The number of benzene rings is 3. The van der Waals surface area contributed by atoms with Crippen LogP contribution in [0.2, 0.25) is 0 Å². The molecule has 5 aromatic rings. The summed E-state index contributed by atoms with van der Waals surface area (Å²) in [6.07, 6.45) is 1.29. The fraction of sp³-hybridized carbons (Fsp3) is 0.172. The van der Waals surface area contributed by atoms with Crippen molar-refractivity contribution in [1.29, 1.82) is 0 Å². The van der Waals surface area contributed by atoms with Gasteiger partial charge in [-0.2, -0.15) is 9.78 Å². The van der Waals surface area contributed by atoms with E-state index >= 15 is 0 Å². The van der Waals surface area contributed by atoms with Crippen LogP contribution in [0.3, 0.4) is 0 Å². The molecule has 0 N–H and O–H groups in total. The van der Waals surface area contributed by atoms with Crippen molar-refractivity contribution in [2.24, 2.45) is 5.10 Å². The molecule has 2 heterocycles. The standard InChI is InChI=1S/C29H23Br2N3O6/c1-16(2)39-26(35)15-38-27-20(30)11-17(12-21(27)31)14-32-34-28(33-22-8-5-4-7-18(22)29(34)36)25-13-19-23(37-3)9-6-10-24(19)40-25/h4-14,16H,15H2,1-3H3. The molecule has 0 aliphatic heterocycles. The average molecular weight is 669 g/mol. The van der Waals surface area contributed by atoms with E-state index in [4.69, 9.17) is 23.6 Å². The normalized spacial score (nSPS) is 11.6. The summed E-state index contributed by atoms with van der Waals surface area (Å²) in [4.78, 5) is 30.2. The number of nitrogens with zero attached hydrogens (tertiary/aromatic N) is 3. The minimum atomic E-state index is -0.474. The second-order valence-corrected chi connectivity index (χ2v) is 10.6. The largest absolute Gasteiger partial charge is 0.496 e. The number of hydrogen-bond donors (Lipinski definition) is 0. The monoisotopic (exact) mass is 667 g/mol. The summed E-state index contributed by atoms with van der Waals surface area (Å²) in [6, 6.07) is 17.8. The zero-order valence-corrected chi connectivity index (χ0v) is 24.9. The Balaban J connectivity index is 1.55. The molecule has 0 saturated carbocycles. The van der Waals surface area contributed by atoms with Gasteiger partial charge in [0.05, 0.1) is 44.7 Å². The number of rotatable bonds is 8. The third-order valence-corrected chi connectivity index (χ3v) is 6.94. The molecule has 0 unspecified atom stereocenters. The van der Waals surface area contributed by atoms with E-state index in [1.807, 2.05) is 24.3 Å². The molecule has 0 spiro atoms. The summed E-state index contributed by atoms with van der Waals surface area (Å²) in [5.41, 5.74) is 1.40. The molecule has 40 heavy (non-hydrogen) atoms. The Morgan fingerprint density at radius 2 is 1.82 bits per heavy atom. The van der Waals surface area contributed by atoms with Crippen molar-refractivity contribution in [2.45, 2.75) is 20.0 Å². The van der Waals surface area contributed by atoms with E-state index in [-0.39, 0.29) is 24.1 Å². The topological polar surface area (TPSA) is 105 Å². The van der Waals surface area contributed by atoms with Gasteiger partial charge in [0, 0.05) is 0 Å². The first-order valence-electron chi connectivity index (χ1n) is 12.2. The molecule has 0 amide bonds. The number of carbonyl (C=O) groups is 1. The maximum atomic E-state index is 13.6. The van der Waals surface area contributed by atoms with Crippen LogP contribution in [-0.4, -0.2) is 41.7 Å². The third kappa shape index (κ3) is 5.66. The van der Waals surface area contributed by atoms with E-state index in [1.165, 1.54) is 10.9 Å². The quantitative estimate of drug-likeness (QED) is 0.136. The van der Waals surface area contributed by atoms with Gasteiger partial charge in [-0.3, -0.25) is 4.79 Å². The number of fused-ring (bicyclic) bond motifs is 2. The number of para-hydroxylation sites is 1. The highest BCUT2D eigenvalue weighted by Crippen LogP contribution is 2.35. The predicted octanol–water partition coefficient (Wildman–Crippen LogP) is 6.56. The number of furan rings is 1. The second-order valence-electron chi connectivity index (χ2n) is 8.94. The lowest BCUT2D eigenvalue weighted by molar-refractivity contribution is -0.149. The fourth-order valence-corrected chi connectivity index (χ4v) is 5.51. The van der Waals surface area contributed by atoms with Crippen LogP contribution in [0.5, 0.6) is 11.5 Å². The summed E-state index contributed by atoms with van der Waals surface area (Å²) in [5, 5.41) is 5.67. The lowest BCUT2D eigenvalue weighted by Crippen LogP contribution is -2.20. The summed E-state index contributed by atoms with van der Waals surface area (Å²) in [7, 11) is 1.58. The Morgan fingerprint density at radius 1 is 1.07 bits per heavy atom. The minimum absolute atomic E-state index is 0.235. The van der Waals surface area contributed by atoms with Crippen molar-refractivity contribution < 1.29 is 23.4 Å². The first kappa shape index (κ1) is 27.6. The summed E-state index contributed by atoms with van der Waals surface area (Å²) in [6.45, 7) is 3.29. The van der Waals surface area contributed by atoms with E-state index in [9.17, 15) is 9.59 Å². The Morgan fingerprint density at radius 3 is 2.55 bits per heavy atom. The molecule has 3 aromatic carbocycles. The van der Waals surface area contributed by atoms with E-state index in [1.54, 1.807) is 57.4 Å². The molecule has 204 valence electrons. The van der Waals surface area contributed by atoms with Crippen LogP contribution in [0.4, 0.5) is 0 Å². The van der Waals surface area contributed by atoms with Gasteiger partial charge >= 0.3 is 5.97 Å². The number of hydrogen-bond acceptors (Lipinski definition) is 8. The molecule has 0 radical (unpaired) electrons. The molecule has 0 aliphatic carbocycles. The molecule has 0 atom stereocenters. The minimum Gasteiger partial charge on any atom is -0.496 e. The number of esters is 1. The Labute approximate surface area is 245 Å². The van der Waals surface area contributed by atoms with Crippen molar-refractivity contribution in [3.05, 3.63) is 85.5 Å². The number of carbonyl (C=O) groups excluding carboxylic acids is 1. The lowest BCUT2D eigenvalue weighted by atomic mass is 10.2. The summed E-state index contributed by atoms with van der Waals surface area (Å²) >= 11 is 6.96. The fourth-order valence-electron chi connectivity index (χ4n) is 4.06. The van der Waals surface area contributed by atoms with E-state index in [2.05, 4.69) is 37.0 Å². The Bertz CT molecular complexity index is 1800. The zero-order chi connectivity index (χ0) is 28.4. The molecule has 0 bridgehead atoms. The van der Waals surface area contributed by atoms with Crippen molar-refractivity contribution >= 4 is 65.9 Å². The van der Waals surface area contributed by atoms with Gasteiger partial charge in [-0.15, -0.1) is 0 Å². The van der Waals surface area contributed by atoms with Crippen LogP contribution < -0.4 is 15.0 Å². The van der Waals surface area contributed by atoms with Gasteiger partial charge in [0.25, 0.3) is 5.56 Å². The van der Waals surface area contributed by atoms with Crippen molar-refractivity contribution in [2.75, 3.05) is 13.7 Å². The molecular formula is C29H23Br2N3O6. The van der Waals surface area contributed by atoms with E-state index in [0.717, 1.165) is 5.39 Å².